The lowest BCUT2D eigenvalue weighted by atomic mass is 9.99. The molecule has 1 atom stereocenters. The molecule has 1 N–H and O–H groups in total. The maximum Gasteiger partial charge on any atom is 0.252 e. The summed E-state index contributed by atoms with van der Waals surface area (Å²) in [6.45, 7) is 2.62. The second kappa shape index (κ2) is 6.92. The summed E-state index contributed by atoms with van der Waals surface area (Å²) in [6.07, 6.45) is 3.62. The minimum atomic E-state index is -0.0656. The maximum absolute atomic E-state index is 12.6. The van der Waals surface area contributed by atoms with Crippen LogP contribution < -0.4 is 5.32 Å². The Hall–Kier alpha value is -2.88. The lowest BCUT2D eigenvalue weighted by Crippen LogP contribution is -2.36. The predicted octanol–water partition coefficient (Wildman–Crippen LogP) is 3.37. The minimum Gasteiger partial charge on any atom is -0.348 e. The Morgan fingerprint density at radius 1 is 1.09 bits per heavy atom. The van der Waals surface area contributed by atoms with Gasteiger partial charge in [0.05, 0.1) is 6.54 Å². The largest absolute Gasteiger partial charge is 0.348 e. The molecule has 0 bridgehead atoms. The molecule has 0 spiro atoms. The van der Waals surface area contributed by atoms with E-state index in [0.29, 0.717) is 12.1 Å². The van der Waals surface area contributed by atoms with Crippen LogP contribution in [0.25, 0.3) is 11.1 Å². The third kappa shape index (κ3) is 3.66. The summed E-state index contributed by atoms with van der Waals surface area (Å²) in [4.78, 5) is 12.6. The van der Waals surface area contributed by atoms with Crippen LogP contribution in [0.3, 0.4) is 0 Å². The second-order valence-corrected chi connectivity index (χ2v) is 5.51. The maximum atomic E-state index is 12.6. The van der Waals surface area contributed by atoms with E-state index in [9.17, 15) is 4.79 Å². The van der Waals surface area contributed by atoms with Gasteiger partial charge >= 0.3 is 0 Å². The van der Waals surface area contributed by atoms with Crippen molar-refractivity contribution in [2.45, 2.75) is 19.5 Å². The van der Waals surface area contributed by atoms with Crippen LogP contribution >= 0.6 is 0 Å². The Balaban J connectivity index is 1.77. The number of carbonyl (C=O) groups is 1. The SMILES string of the molecule is C[C@@H](Cn1cccn1)NC(=O)c1ccccc1-c1ccccc1. The zero-order valence-electron chi connectivity index (χ0n) is 13.0. The Labute approximate surface area is 135 Å². The molecule has 0 aliphatic heterocycles. The van der Waals surface area contributed by atoms with E-state index in [1.807, 2.05) is 78.5 Å². The minimum absolute atomic E-state index is 0.00812. The summed E-state index contributed by atoms with van der Waals surface area (Å²) in [7, 11) is 0. The van der Waals surface area contributed by atoms with Crippen molar-refractivity contribution in [2.24, 2.45) is 0 Å². The van der Waals surface area contributed by atoms with Crippen molar-refractivity contribution in [3.63, 3.8) is 0 Å². The molecule has 1 aromatic heterocycles. The molecule has 2 aromatic carbocycles. The molecule has 3 rings (SSSR count). The normalized spacial score (nSPS) is 11.9. The second-order valence-electron chi connectivity index (χ2n) is 5.51. The zero-order valence-corrected chi connectivity index (χ0v) is 13.0. The van der Waals surface area contributed by atoms with Gasteiger partial charge in [0.25, 0.3) is 5.91 Å². The number of hydrogen-bond donors (Lipinski definition) is 1. The van der Waals surface area contributed by atoms with Crippen molar-refractivity contribution in [1.29, 1.82) is 0 Å². The van der Waals surface area contributed by atoms with Gasteiger partial charge in [0, 0.05) is 24.0 Å². The summed E-state index contributed by atoms with van der Waals surface area (Å²) in [5.41, 5.74) is 2.67. The average Bonchev–Trinajstić information content (AvgIpc) is 3.08. The van der Waals surface area contributed by atoms with Crippen molar-refractivity contribution in [1.82, 2.24) is 15.1 Å². The highest BCUT2D eigenvalue weighted by atomic mass is 16.1. The van der Waals surface area contributed by atoms with Crippen molar-refractivity contribution in [3.05, 3.63) is 78.6 Å². The zero-order chi connectivity index (χ0) is 16.1. The van der Waals surface area contributed by atoms with Gasteiger partial charge in [-0.2, -0.15) is 5.10 Å². The summed E-state index contributed by atoms with van der Waals surface area (Å²) in [5, 5.41) is 7.21. The first kappa shape index (κ1) is 15.0. The van der Waals surface area contributed by atoms with Crippen LogP contribution in [0.5, 0.6) is 0 Å². The van der Waals surface area contributed by atoms with Crippen LogP contribution in [0.15, 0.2) is 73.1 Å². The van der Waals surface area contributed by atoms with Gasteiger partial charge in [0.2, 0.25) is 0 Å². The van der Waals surface area contributed by atoms with Crippen LogP contribution in [-0.4, -0.2) is 21.7 Å². The van der Waals surface area contributed by atoms with Gasteiger partial charge < -0.3 is 5.32 Å². The standard InChI is InChI=1S/C19H19N3O/c1-15(14-22-13-7-12-20-22)21-19(23)18-11-6-5-10-17(18)16-8-3-2-4-9-16/h2-13,15H,14H2,1H3,(H,21,23)/t15-/m0/s1. The molecule has 23 heavy (non-hydrogen) atoms. The Bertz CT molecular complexity index is 766. The van der Waals surface area contributed by atoms with Crippen LogP contribution in [0.4, 0.5) is 0 Å². The van der Waals surface area contributed by atoms with E-state index in [-0.39, 0.29) is 11.9 Å². The molecule has 0 fully saturated rings. The molecule has 4 heteroatoms. The average molecular weight is 305 g/mol. The summed E-state index contributed by atoms with van der Waals surface area (Å²) >= 11 is 0. The highest BCUT2D eigenvalue weighted by Crippen LogP contribution is 2.23. The van der Waals surface area contributed by atoms with E-state index < -0.39 is 0 Å². The molecule has 1 heterocycles. The summed E-state index contributed by atoms with van der Waals surface area (Å²) < 4.78 is 1.81. The first-order valence-corrected chi connectivity index (χ1v) is 7.67. The lowest BCUT2D eigenvalue weighted by Gasteiger charge is -2.16. The van der Waals surface area contributed by atoms with Crippen molar-refractivity contribution >= 4 is 5.91 Å². The first-order valence-electron chi connectivity index (χ1n) is 7.67. The fourth-order valence-corrected chi connectivity index (χ4v) is 2.59. The van der Waals surface area contributed by atoms with Gasteiger partial charge in [0.1, 0.15) is 0 Å². The van der Waals surface area contributed by atoms with E-state index >= 15 is 0 Å². The van der Waals surface area contributed by atoms with E-state index in [0.717, 1.165) is 11.1 Å². The lowest BCUT2D eigenvalue weighted by molar-refractivity contribution is 0.0936. The smallest absolute Gasteiger partial charge is 0.252 e. The number of carbonyl (C=O) groups excluding carboxylic acids is 1. The number of amides is 1. The van der Waals surface area contributed by atoms with E-state index in [2.05, 4.69) is 10.4 Å². The van der Waals surface area contributed by atoms with Crippen molar-refractivity contribution in [2.75, 3.05) is 0 Å². The molecule has 3 aromatic rings. The third-order valence-corrected chi connectivity index (χ3v) is 3.65. The van der Waals surface area contributed by atoms with Crippen molar-refractivity contribution < 1.29 is 4.79 Å². The molecule has 0 aliphatic carbocycles. The molecule has 0 saturated carbocycles. The summed E-state index contributed by atoms with van der Waals surface area (Å²) in [5.74, 6) is -0.0656. The van der Waals surface area contributed by atoms with Crippen LogP contribution in [0, 0.1) is 0 Å². The van der Waals surface area contributed by atoms with Crippen LogP contribution in [-0.2, 0) is 6.54 Å². The third-order valence-electron chi connectivity index (χ3n) is 3.65. The fraction of sp³-hybridized carbons (Fsp3) is 0.158. The van der Waals surface area contributed by atoms with Gasteiger partial charge in [-0.05, 0) is 30.2 Å². The van der Waals surface area contributed by atoms with Gasteiger partial charge in [-0.3, -0.25) is 9.48 Å². The molecule has 0 saturated heterocycles. The molecule has 1 amide bonds. The molecule has 0 unspecified atom stereocenters. The Morgan fingerprint density at radius 3 is 2.57 bits per heavy atom. The number of nitrogens with zero attached hydrogens (tertiary/aromatic N) is 2. The first-order chi connectivity index (χ1) is 11.2. The number of hydrogen-bond acceptors (Lipinski definition) is 2. The van der Waals surface area contributed by atoms with E-state index in [4.69, 9.17) is 0 Å². The monoisotopic (exact) mass is 305 g/mol. The molecule has 0 radical (unpaired) electrons. The molecule has 0 aliphatic rings. The highest BCUT2D eigenvalue weighted by Gasteiger charge is 2.14. The van der Waals surface area contributed by atoms with Gasteiger partial charge in [0.15, 0.2) is 0 Å². The van der Waals surface area contributed by atoms with Crippen LogP contribution in [0.2, 0.25) is 0 Å². The number of benzene rings is 2. The number of aromatic nitrogens is 2. The molecule has 116 valence electrons. The van der Waals surface area contributed by atoms with E-state index in [1.54, 1.807) is 6.20 Å². The van der Waals surface area contributed by atoms with Gasteiger partial charge in [-0.15, -0.1) is 0 Å². The number of rotatable bonds is 5. The van der Waals surface area contributed by atoms with E-state index in [1.165, 1.54) is 0 Å². The van der Waals surface area contributed by atoms with Gasteiger partial charge in [-0.1, -0.05) is 48.5 Å². The highest BCUT2D eigenvalue weighted by molar-refractivity contribution is 6.01. The molecule has 4 nitrogen and oxygen atoms in total. The Morgan fingerprint density at radius 2 is 1.83 bits per heavy atom. The Kier molecular flexibility index (Phi) is 4.52. The fourth-order valence-electron chi connectivity index (χ4n) is 2.59. The topological polar surface area (TPSA) is 46.9 Å². The van der Waals surface area contributed by atoms with Crippen molar-refractivity contribution in [3.8, 4) is 11.1 Å². The number of nitrogens with one attached hydrogen (secondary N) is 1. The van der Waals surface area contributed by atoms with Crippen LogP contribution in [0.1, 0.15) is 17.3 Å². The quantitative estimate of drug-likeness (QED) is 0.785. The predicted molar refractivity (Wildman–Crippen MR) is 91.0 cm³/mol. The van der Waals surface area contributed by atoms with Gasteiger partial charge in [-0.25, -0.2) is 0 Å². The summed E-state index contributed by atoms with van der Waals surface area (Å²) in [6, 6.07) is 19.5. The molecular formula is C19H19N3O. The molecular weight excluding hydrogens is 286 g/mol.